The molecule has 0 aliphatic rings. The molecule has 0 aliphatic carbocycles. The van der Waals surface area contributed by atoms with Crippen molar-refractivity contribution in [3.8, 4) is 23.0 Å². The zero-order valence-electron chi connectivity index (χ0n) is 22.2. The molecular formula is C32H36O4Pb. The third-order valence-corrected chi connectivity index (χ3v) is 25.0. The third-order valence-electron chi connectivity index (χ3n) is 6.39. The molecule has 5 heteroatoms. The van der Waals surface area contributed by atoms with E-state index in [2.05, 4.69) is 97.1 Å². The Kier molecular flexibility index (Phi) is 9.50. The molecule has 4 rings (SSSR count). The van der Waals surface area contributed by atoms with Crippen molar-refractivity contribution in [1.82, 2.24) is 0 Å². The number of rotatable bonds is 12. The van der Waals surface area contributed by atoms with Gasteiger partial charge in [0.05, 0.1) is 0 Å². The van der Waals surface area contributed by atoms with Crippen LogP contribution in [0.4, 0.5) is 0 Å². The fourth-order valence-corrected chi connectivity index (χ4v) is 23.0. The van der Waals surface area contributed by atoms with E-state index in [9.17, 15) is 0 Å². The van der Waals surface area contributed by atoms with Crippen LogP contribution in [0.25, 0.3) is 0 Å². The fraction of sp³-hybridized carbons (Fsp3) is 0.250. The van der Waals surface area contributed by atoms with Gasteiger partial charge in [-0.15, -0.1) is 0 Å². The average molecular weight is 692 g/mol. The molecule has 0 bridgehead atoms. The molecule has 0 saturated carbocycles. The summed E-state index contributed by atoms with van der Waals surface area (Å²) in [5, 5.41) is 0. The van der Waals surface area contributed by atoms with Gasteiger partial charge in [-0.25, -0.2) is 0 Å². The molecule has 0 N–H and O–H groups in total. The minimum absolute atomic E-state index is 0.644. The Hall–Kier alpha value is -3.00. The molecule has 0 atom stereocenters. The SMILES string of the molecule is CCOc1cc[c]([Pb]([c]2ccc(OCC)cc2)([c]2ccc(OCC)cc2)[c]2ccc(OCC)cc2)cc1. The van der Waals surface area contributed by atoms with Crippen molar-refractivity contribution in [3.63, 3.8) is 0 Å². The van der Waals surface area contributed by atoms with Gasteiger partial charge >= 0.3 is 227 Å². The van der Waals surface area contributed by atoms with Crippen molar-refractivity contribution in [3.05, 3.63) is 97.1 Å². The van der Waals surface area contributed by atoms with Crippen molar-refractivity contribution in [1.29, 1.82) is 0 Å². The van der Waals surface area contributed by atoms with Crippen LogP contribution in [0.3, 0.4) is 0 Å². The van der Waals surface area contributed by atoms with Crippen LogP contribution in [0.1, 0.15) is 27.7 Å². The normalized spacial score (nSPS) is 11.1. The van der Waals surface area contributed by atoms with E-state index in [-0.39, 0.29) is 0 Å². The van der Waals surface area contributed by atoms with Crippen LogP contribution in [0, 0.1) is 0 Å². The Balaban J connectivity index is 1.98. The number of hydrogen-bond acceptors (Lipinski definition) is 4. The van der Waals surface area contributed by atoms with Crippen molar-refractivity contribution < 1.29 is 18.9 Å². The topological polar surface area (TPSA) is 36.9 Å². The second-order valence-corrected chi connectivity index (χ2v) is 23.4. The van der Waals surface area contributed by atoms with Gasteiger partial charge in [0, 0.05) is 0 Å². The molecule has 0 radical (unpaired) electrons. The van der Waals surface area contributed by atoms with Gasteiger partial charge in [-0.1, -0.05) is 0 Å². The molecule has 192 valence electrons. The van der Waals surface area contributed by atoms with Crippen LogP contribution in [0.2, 0.25) is 0 Å². The zero-order chi connectivity index (χ0) is 26.1. The summed E-state index contributed by atoms with van der Waals surface area (Å²) in [5.41, 5.74) is 0. The number of hydrogen-bond donors (Lipinski definition) is 0. The Labute approximate surface area is 225 Å². The van der Waals surface area contributed by atoms with E-state index < -0.39 is 21.2 Å². The molecule has 4 aromatic rings. The van der Waals surface area contributed by atoms with E-state index in [1.165, 1.54) is 12.5 Å². The van der Waals surface area contributed by atoms with Gasteiger partial charge in [0.25, 0.3) is 0 Å². The molecule has 0 unspecified atom stereocenters. The van der Waals surface area contributed by atoms with E-state index in [0.29, 0.717) is 26.4 Å². The van der Waals surface area contributed by atoms with Crippen molar-refractivity contribution in [2.75, 3.05) is 26.4 Å². The summed E-state index contributed by atoms with van der Waals surface area (Å²) in [5.74, 6) is 3.55. The Bertz CT molecular complexity index is 1030. The Morgan fingerprint density at radius 3 is 0.703 bits per heavy atom. The Morgan fingerprint density at radius 2 is 0.541 bits per heavy atom. The standard InChI is InChI=1S/4C8H9O.Pb/c4*1-2-9-8-6-4-3-5-7-8;/h4*4-7H,2H2,1H3;. The maximum absolute atomic E-state index is 5.79. The monoisotopic (exact) mass is 692 g/mol. The third kappa shape index (κ3) is 5.95. The van der Waals surface area contributed by atoms with Gasteiger partial charge in [-0.2, -0.15) is 0 Å². The number of benzene rings is 4. The first-order chi connectivity index (χ1) is 18.1. The van der Waals surface area contributed by atoms with Crippen LogP contribution in [-0.2, 0) is 0 Å². The molecule has 4 nitrogen and oxygen atoms in total. The molecule has 0 aromatic heterocycles. The van der Waals surface area contributed by atoms with Gasteiger partial charge in [0.1, 0.15) is 0 Å². The van der Waals surface area contributed by atoms with Crippen LogP contribution in [-0.4, -0.2) is 47.6 Å². The summed E-state index contributed by atoms with van der Waals surface area (Å²) >= 11 is -3.97. The summed E-state index contributed by atoms with van der Waals surface area (Å²) < 4.78 is 28.6. The van der Waals surface area contributed by atoms with Crippen molar-refractivity contribution in [2.45, 2.75) is 27.7 Å². The second kappa shape index (κ2) is 13.0. The zero-order valence-corrected chi connectivity index (χ0v) is 26.1. The molecule has 0 heterocycles. The van der Waals surface area contributed by atoms with Crippen molar-refractivity contribution >= 4 is 33.7 Å². The molecule has 0 aliphatic heterocycles. The second-order valence-electron chi connectivity index (χ2n) is 8.58. The molecule has 0 fully saturated rings. The predicted molar refractivity (Wildman–Crippen MR) is 155 cm³/mol. The van der Waals surface area contributed by atoms with Crippen molar-refractivity contribution in [2.24, 2.45) is 0 Å². The van der Waals surface area contributed by atoms with Crippen LogP contribution < -0.4 is 31.4 Å². The molecule has 0 spiro atoms. The van der Waals surface area contributed by atoms with E-state index in [1.807, 2.05) is 27.7 Å². The average Bonchev–Trinajstić information content (AvgIpc) is 2.93. The molecule has 0 saturated heterocycles. The van der Waals surface area contributed by atoms with E-state index >= 15 is 0 Å². The first kappa shape index (κ1) is 27.0. The van der Waals surface area contributed by atoms with E-state index in [1.54, 1.807) is 0 Å². The first-order valence-corrected chi connectivity index (χ1v) is 20.9. The maximum atomic E-state index is 5.79. The Morgan fingerprint density at radius 1 is 0.351 bits per heavy atom. The predicted octanol–water partition coefficient (Wildman–Crippen LogP) is 4.66. The van der Waals surface area contributed by atoms with Crippen LogP contribution >= 0.6 is 0 Å². The summed E-state index contributed by atoms with van der Waals surface area (Å²) in [6.07, 6.45) is 0. The molecular weight excluding hydrogens is 656 g/mol. The van der Waals surface area contributed by atoms with Gasteiger partial charge < -0.3 is 0 Å². The summed E-state index contributed by atoms with van der Waals surface area (Å²) in [6, 6.07) is 34.9. The quantitative estimate of drug-likeness (QED) is 0.203. The molecule has 0 amide bonds. The molecule has 37 heavy (non-hydrogen) atoms. The summed E-state index contributed by atoms with van der Waals surface area (Å²) in [4.78, 5) is 0. The van der Waals surface area contributed by atoms with Crippen LogP contribution in [0.5, 0.6) is 23.0 Å². The van der Waals surface area contributed by atoms with Gasteiger partial charge in [0.2, 0.25) is 0 Å². The molecule has 4 aromatic carbocycles. The van der Waals surface area contributed by atoms with E-state index in [0.717, 1.165) is 23.0 Å². The van der Waals surface area contributed by atoms with Gasteiger partial charge in [-0.3, -0.25) is 0 Å². The van der Waals surface area contributed by atoms with Gasteiger partial charge in [0.15, 0.2) is 0 Å². The van der Waals surface area contributed by atoms with Crippen LogP contribution in [0.15, 0.2) is 97.1 Å². The fourth-order valence-electron chi connectivity index (χ4n) is 4.87. The van der Waals surface area contributed by atoms with Gasteiger partial charge in [-0.05, 0) is 0 Å². The summed E-state index contributed by atoms with van der Waals surface area (Å²) in [7, 11) is 0. The first-order valence-electron chi connectivity index (χ1n) is 13.1. The minimum atomic E-state index is -3.97. The number of ether oxygens (including phenoxy) is 4. The summed E-state index contributed by atoms with van der Waals surface area (Å²) in [6.45, 7) is 10.6. The van der Waals surface area contributed by atoms with E-state index in [4.69, 9.17) is 18.9 Å².